The van der Waals surface area contributed by atoms with Gasteiger partial charge < -0.3 is 15.4 Å². The number of rotatable bonds is 5. The third kappa shape index (κ3) is 6.90. The van der Waals surface area contributed by atoms with E-state index in [1.165, 1.54) is 0 Å². The van der Waals surface area contributed by atoms with Crippen molar-refractivity contribution in [2.75, 3.05) is 26.8 Å². The molecule has 0 unspecified atom stereocenters. The molecule has 2 amide bonds. The third-order valence-electron chi connectivity index (χ3n) is 1.72. The van der Waals surface area contributed by atoms with Gasteiger partial charge in [0.2, 0.25) is 11.8 Å². The molecule has 0 radical (unpaired) electrons. The molecule has 5 heteroatoms. The minimum atomic E-state index is -0.465. The molecule has 0 aliphatic rings. The fourth-order valence-corrected chi connectivity index (χ4v) is 0.781. The van der Waals surface area contributed by atoms with Crippen LogP contribution in [0, 0.1) is 5.41 Å². The molecule has 0 aliphatic carbocycles. The molecule has 5 nitrogen and oxygen atoms in total. The summed E-state index contributed by atoms with van der Waals surface area (Å²) in [5.41, 5.74) is -0.465. The van der Waals surface area contributed by atoms with Gasteiger partial charge >= 0.3 is 0 Å². The van der Waals surface area contributed by atoms with Crippen LogP contribution in [0.15, 0.2) is 0 Å². The van der Waals surface area contributed by atoms with E-state index in [1.807, 2.05) is 0 Å². The standard InChI is InChI=1S/C10H20N2O3/c1-10(2,3)9(14)12-7-8(13)11-5-6-15-4/h5-7H2,1-4H3,(H,11,13)(H,12,14). The Morgan fingerprint density at radius 3 is 2.27 bits per heavy atom. The molecule has 0 aromatic heterocycles. The second-order valence-corrected chi connectivity index (χ2v) is 4.28. The van der Waals surface area contributed by atoms with E-state index in [2.05, 4.69) is 10.6 Å². The monoisotopic (exact) mass is 216 g/mol. The Labute approximate surface area is 90.6 Å². The van der Waals surface area contributed by atoms with E-state index < -0.39 is 5.41 Å². The fraction of sp³-hybridized carbons (Fsp3) is 0.800. The maximum Gasteiger partial charge on any atom is 0.239 e. The van der Waals surface area contributed by atoms with Crippen molar-refractivity contribution in [3.63, 3.8) is 0 Å². The zero-order valence-corrected chi connectivity index (χ0v) is 9.85. The molecule has 0 spiro atoms. The number of carbonyl (C=O) groups excluding carboxylic acids is 2. The predicted molar refractivity (Wildman–Crippen MR) is 57.4 cm³/mol. The van der Waals surface area contributed by atoms with Gasteiger partial charge in [0, 0.05) is 19.1 Å². The molecule has 2 N–H and O–H groups in total. The van der Waals surface area contributed by atoms with E-state index in [0.717, 1.165) is 0 Å². The molecular weight excluding hydrogens is 196 g/mol. The first-order valence-electron chi connectivity index (χ1n) is 4.92. The topological polar surface area (TPSA) is 67.4 Å². The van der Waals surface area contributed by atoms with E-state index in [-0.39, 0.29) is 18.4 Å². The summed E-state index contributed by atoms with van der Waals surface area (Å²) >= 11 is 0. The molecule has 0 atom stereocenters. The summed E-state index contributed by atoms with van der Waals surface area (Å²) in [4.78, 5) is 22.6. The largest absolute Gasteiger partial charge is 0.383 e. The minimum Gasteiger partial charge on any atom is -0.383 e. The molecule has 0 saturated carbocycles. The maximum absolute atomic E-state index is 11.4. The molecule has 15 heavy (non-hydrogen) atoms. The highest BCUT2D eigenvalue weighted by Crippen LogP contribution is 2.11. The van der Waals surface area contributed by atoms with Crippen LogP contribution in [0.3, 0.4) is 0 Å². The lowest BCUT2D eigenvalue weighted by atomic mass is 9.96. The van der Waals surface area contributed by atoms with Gasteiger partial charge in [-0.15, -0.1) is 0 Å². The summed E-state index contributed by atoms with van der Waals surface area (Å²) < 4.78 is 4.77. The summed E-state index contributed by atoms with van der Waals surface area (Å²) in [5.74, 6) is -0.339. The van der Waals surface area contributed by atoms with Crippen molar-refractivity contribution in [3.8, 4) is 0 Å². The zero-order chi connectivity index (χ0) is 11.9. The van der Waals surface area contributed by atoms with Crippen LogP contribution in [-0.4, -0.2) is 38.6 Å². The number of methoxy groups -OCH3 is 1. The van der Waals surface area contributed by atoms with Crippen LogP contribution >= 0.6 is 0 Å². The van der Waals surface area contributed by atoms with Crippen LogP contribution in [0.25, 0.3) is 0 Å². The quantitative estimate of drug-likeness (QED) is 0.631. The average Bonchev–Trinajstić information content (AvgIpc) is 2.13. The van der Waals surface area contributed by atoms with Gasteiger partial charge in [0.05, 0.1) is 13.2 Å². The number of hydrogen-bond acceptors (Lipinski definition) is 3. The van der Waals surface area contributed by atoms with Crippen molar-refractivity contribution < 1.29 is 14.3 Å². The van der Waals surface area contributed by atoms with E-state index >= 15 is 0 Å². The summed E-state index contributed by atoms with van der Waals surface area (Å²) in [6.07, 6.45) is 0. The minimum absolute atomic E-state index is 0.0137. The van der Waals surface area contributed by atoms with E-state index in [0.29, 0.717) is 13.2 Å². The zero-order valence-electron chi connectivity index (χ0n) is 9.85. The highest BCUT2D eigenvalue weighted by molar-refractivity contribution is 5.87. The lowest BCUT2D eigenvalue weighted by molar-refractivity contribution is -0.131. The molecule has 0 bridgehead atoms. The Kier molecular flexibility index (Phi) is 5.93. The molecule has 0 aromatic carbocycles. The second kappa shape index (κ2) is 6.40. The lowest BCUT2D eigenvalue weighted by Gasteiger charge is -2.17. The Bertz CT molecular complexity index is 221. The van der Waals surface area contributed by atoms with Gasteiger partial charge in [0.1, 0.15) is 0 Å². The number of hydrogen-bond donors (Lipinski definition) is 2. The number of amides is 2. The number of ether oxygens (including phenoxy) is 1. The molecule has 0 heterocycles. The van der Waals surface area contributed by atoms with Crippen molar-refractivity contribution in [1.29, 1.82) is 0 Å². The molecular formula is C10H20N2O3. The normalized spacial score (nSPS) is 10.9. The van der Waals surface area contributed by atoms with Crippen LogP contribution in [-0.2, 0) is 14.3 Å². The number of carbonyl (C=O) groups is 2. The lowest BCUT2D eigenvalue weighted by Crippen LogP contribution is -2.42. The Balaban J connectivity index is 3.67. The van der Waals surface area contributed by atoms with Crippen molar-refractivity contribution in [2.24, 2.45) is 5.41 Å². The Morgan fingerprint density at radius 2 is 1.80 bits per heavy atom. The van der Waals surface area contributed by atoms with Crippen molar-refractivity contribution in [3.05, 3.63) is 0 Å². The van der Waals surface area contributed by atoms with Crippen molar-refractivity contribution in [2.45, 2.75) is 20.8 Å². The highest BCUT2D eigenvalue weighted by Gasteiger charge is 2.21. The first kappa shape index (κ1) is 13.9. The molecule has 88 valence electrons. The fourth-order valence-electron chi connectivity index (χ4n) is 0.781. The van der Waals surface area contributed by atoms with Gasteiger partial charge in [-0.1, -0.05) is 20.8 Å². The number of nitrogens with one attached hydrogen (secondary N) is 2. The molecule has 0 saturated heterocycles. The van der Waals surface area contributed by atoms with Crippen LogP contribution in [0.4, 0.5) is 0 Å². The predicted octanol–water partition coefficient (Wildman–Crippen LogP) is -0.0887. The molecule has 0 rings (SSSR count). The summed E-state index contributed by atoms with van der Waals surface area (Å²) in [6.45, 7) is 6.33. The third-order valence-corrected chi connectivity index (χ3v) is 1.72. The van der Waals surface area contributed by atoms with Crippen LogP contribution in [0.2, 0.25) is 0 Å². The SMILES string of the molecule is COCCNC(=O)CNC(=O)C(C)(C)C. The van der Waals surface area contributed by atoms with Crippen LogP contribution < -0.4 is 10.6 Å². The smallest absolute Gasteiger partial charge is 0.239 e. The van der Waals surface area contributed by atoms with E-state index in [4.69, 9.17) is 4.74 Å². The van der Waals surface area contributed by atoms with Crippen LogP contribution in [0.1, 0.15) is 20.8 Å². The molecule has 0 fully saturated rings. The average molecular weight is 216 g/mol. The Morgan fingerprint density at radius 1 is 1.20 bits per heavy atom. The molecule has 0 aromatic rings. The van der Waals surface area contributed by atoms with Gasteiger partial charge in [-0.3, -0.25) is 9.59 Å². The second-order valence-electron chi connectivity index (χ2n) is 4.28. The summed E-state index contributed by atoms with van der Waals surface area (Å²) in [6, 6.07) is 0. The van der Waals surface area contributed by atoms with Gasteiger partial charge in [-0.25, -0.2) is 0 Å². The summed E-state index contributed by atoms with van der Waals surface area (Å²) in [7, 11) is 1.56. The van der Waals surface area contributed by atoms with Gasteiger partial charge in [0.15, 0.2) is 0 Å². The van der Waals surface area contributed by atoms with Crippen molar-refractivity contribution >= 4 is 11.8 Å². The van der Waals surface area contributed by atoms with Crippen molar-refractivity contribution in [1.82, 2.24) is 10.6 Å². The maximum atomic E-state index is 11.4. The van der Waals surface area contributed by atoms with Gasteiger partial charge in [0.25, 0.3) is 0 Å². The molecule has 0 aliphatic heterocycles. The summed E-state index contributed by atoms with van der Waals surface area (Å²) in [5, 5.41) is 5.17. The first-order valence-corrected chi connectivity index (χ1v) is 4.92. The van der Waals surface area contributed by atoms with E-state index in [1.54, 1.807) is 27.9 Å². The van der Waals surface area contributed by atoms with Crippen LogP contribution in [0.5, 0.6) is 0 Å². The van der Waals surface area contributed by atoms with E-state index in [9.17, 15) is 9.59 Å². The highest BCUT2D eigenvalue weighted by atomic mass is 16.5. The van der Waals surface area contributed by atoms with Gasteiger partial charge in [-0.05, 0) is 0 Å². The first-order chi connectivity index (χ1) is 6.88. The Hall–Kier alpha value is -1.10. The van der Waals surface area contributed by atoms with Gasteiger partial charge in [-0.2, -0.15) is 0 Å².